The Labute approximate surface area is 112 Å². The standard InChI is InChI=1S/C13H19N3O3/c1-6(2)10(11(14)17)16-12-9(13(18)19)7(3)5-8(4)15-12/h5-6,10H,1-4H3,(H2,14,17)(H,15,16)(H,18,19). The predicted molar refractivity (Wildman–Crippen MR) is 72.1 cm³/mol. The molecule has 1 atom stereocenters. The SMILES string of the molecule is Cc1cc(C)c(C(=O)O)c(NC(C(N)=O)C(C)C)n1. The molecule has 1 unspecified atom stereocenters. The van der Waals surface area contributed by atoms with Gasteiger partial charge in [0, 0.05) is 5.69 Å². The molecule has 1 amide bonds. The van der Waals surface area contributed by atoms with E-state index in [0.29, 0.717) is 11.3 Å². The average molecular weight is 265 g/mol. The molecule has 1 aromatic heterocycles. The van der Waals surface area contributed by atoms with Gasteiger partial charge in [-0.25, -0.2) is 9.78 Å². The van der Waals surface area contributed by atoms with Crippen LogP contribution in [0.1, 0.15) is 35.5 Å². The highest BCUT2D eigenvalue weighted by Gasteiger charge is 2.23. The third kappa shape index (κ3) is 3.43. The third-order valence-electron chi connectivity index (χ3n) is 2.82. The molecule has 1 rings (SSSR count). The lowest BCUT2D eigenvalue weighted by molar-refractivity contribution is -0.119. The van der Waals surface area contributed by atoms with Gasteiger partial charge in [-0.15, -0.1) is 0 Å². The fourth-order valence-corrected chi connectivity index (χ4v) is 1.92. The van der Waals surface area contributed by atoms with E-state index >= 15 is 0 Å². The normalized spacial score (nSPS) is 12.3. The number of nitrogens with one attached hydrogen (secondary N) is 1. The van der Waals surface area contributed by atoms with Gasteiger partial charge >= 0.3 is 5.97 Å². The summed E-state index contributed by atoms with van der Waals surface area (Å²) >= 11 is 0. The van der Waals surface area contributed by atoms with Crippen LogP contribution >= 0.6 is 0 Å². The Morgan fingerprint density at radius 2 is 1.95 bits per heavy atom. The minimum absolute atomic E-state index is 0.0671. The van der Waals surface area contributed by atoms with E-state index in [2.05, 4.69) is 10.3 Å². The van der Waals surface area contributed by atoms with Crippen LogP contribution in [0.5, 0.6) is 0 Å². The molecule has 1 heterocycles. The molecule has 0 spiro atoms. The van der Waals surface area contributed by atoms with Gasteiger partial charge in [-0.2, -0.15) is 0 Å². The molecule has 6 heteroatoms. The molecular weight excluding hydrogens is 246 g/mol. The Morgan fingerprint density at radius 3 is 2.37 bits per heavy atom. The molecule has 0 aromatic carbocycles. The predicted octanol–water partition coefficient (Wildman–Crippen LogP) is 1.32. The number of aryl methyl sites for hydroxylation is 2. The van der Waals surface area contributed by atoms with Gasteiger partial charge in [0.1, 0.15) is 17.4 Å². The highest BCUT2D eigenvalue weighted by molar-refractivity contribution is 5.96. The van der Waals surface area contributed by atoms with Gasteiger partial charge in [0.25, 0.3) is 0 Å². The number of nitrogens with zero attached hydrogens (tertiary/aromatic N) is 1. The van der Waals surface area contributed by atoms with E-state index in [9.17, 15) is 14.7 Å². The van der Waals surface area contributed by atoms with Crippen LogP contribution in [-0.2, 0) is 4.79 Å². The van der Waals surface area contributed by atoms with Crippen LogP contribution in [-0.4, -0.2) is 28.0 Å². The number of pyridine rings is 1. The number of hydrogen-bond acceptors (Lipinski definition) is 4. The van der Waals surface area contributed by atoms with Gasteiger partial charge < -0.3 is 16.2 Å². The molecule has 0 radical (unpaired) electrons. The summed E-state index contributed by atoms with van der Waals surface area (Å²) < 4.78 is 0. The van der Waals surface area contributed by atoms with Crippen LogP contribution in [0.4, 0.5) is 5.82 Å². The summed E-state index contributed by atoms with van der Waals surface area (Å²) in [5.41, 5.74) is 6.65. The van der Waals surface area contributed by atoms with Crippen LogP contribution in [0.2, 0.25) is 0 Å². The molecule has 19 heavy (non-hydrogen) atoms. The zero-order valence-electron chi connectivity index (χ0n) is 11.5. The first-order valence-electron chi connectivity index (χ1n) is 6.01. The first-order valence-corrected chi connectivity index (χ1v) is 6.01. The zero-order valence-corrected chi connectivity index (χ0v) is 11.5. The van der Waals surface area contributed by atoms with Crippen molar-refractivity contribution in [1.29, 1.82) is 0 Å². The van der Waals surface area contributed by atoms with Crippen LogP contribution in [0.3, 0.4) is 0 Å². The van der Waals surface area contributed by atoms with Crippen molar-refractivity contribution >= 4 is 17.7 Å². The van der Waals surface area contributed by atoms with Gasteiger partial charge in [0.15, 0.2) is 0 Å². The number of carbonyl (C=O) groups excluding carboxylic acids is 1. The topological polar surface area (TPSA) is 105 Å². The maximum Gasteiger partial charge on any atom is 0.339 e. The zero-order chi connectivity index (χ0) is 14.7. The van der Waals surface area contributed by atoms with Crippen molar-refractivity contribution in [2.24, 2.45) is 11.7 Å². The maximum atomic E-state index is 11.4. The summed E-state index contributed by atoms with van der Waals surface area (Å²) in [5, 5.41) is 12.1. The summed E-state index contributed by atoms with van der Waals surface area (Å²) in [7, 11) is 0. The van der Waals surface area contributed by atoms with Gasteiger partial charge in [-0.05, 0) is 31.4 Å². The van der Waals surface area contributed by atoms with Crippen molar-refractivity contribution in [2.45, 2.75) is 33.7 Å². The number of carboxylic acid groups (broad SMARTS) is 1. The Hall–Kier alpha value is -2.11. The van der Waals surface area contributed by atoms with E-state index in [1.807, 2.05) is 13.8 Å². The lowest BCUT2D eigenvalue weighted by Gasteiger charge is -2.21. The number of aromatic nitrogens is 1. The van der Waals surface area contributed by atoms with Crippen LogP contribution in [0, 0.1) is 19.8 Å². The second-order valence-corrected chi connectivity index (χ2v) is 4.88. The molecule has 1 aromatic rings. The van der Waals surface area contributed by atoms with E-state index in [1.165, 1.54) is 0 Å². The molecule has 0 saturated carbocycles. The lowest BCUT2D eigenvalue weighted by atomic mass is 10.0. The van der Waals surface area contributed by atoms with Crippen molar-refractivity contribution in [3.05, 3.63) is 22.9 Å². The molecule has 0 aliphatic carbocycles. The minimum atomic E-state index is -1.08. The first kappa shape index (κ1) is 14.9. The van der Waals surface area contributed by atoms with Crippen LogP contribution < -0.4 is 11.1 Å². The Balaban J connectivity index is 3.26. The number of amides is 1. The highest BCUT2D eigenvalue weighted by atomic mass is 16.4. The number of hydrogen-bond donors (Lipinski definition) is 3. The fourth-order valence-electron chi connectivity index (χ4n) is 1.92. The summed E-state index contributed by atoms with van der Waals surface area (Å²) in [5.74, 6) is -1.50. The Kier molecular flexibility index (Phi) is 4.47. The van der Waals surface area contributed by atoms with Crippen molar-refractivity contribution < 1.29 is 14.7 Å². The van der Waals surface area contributed by atoms with E-state index in [1.54, 1.807) is 19.9 Å². The molecule has 6 nitrogen and oxygen atoms in total. The summed E-state index contributed by atoms with van der Waals surface area (Å²) in [6, 6.07) is 1.02. The van der Waals surface area contributed by atoms with E-state index in [4.69, 9.17) is 5.73 Å². The smallest absolute Gasteiger partial charge is 0.339 e. The molecule has 104 valence electrons. The number of anilines is 1. The van der Waals surface area contributed by atoms with Crippen molar-refractivity contribution in [2.75, 3.05) is 5.32 Å². The van der Waals surface area contributed by atoms with Gasteiger partial charge in [0.2, 0.25) is 5.91 Å². The second kappa shape index (κ2) is 5.69. The van der Waals surface area contributed by atoms with E-state index in [-0.39, 0.29) is 17.3 Å². The minimum Gasteiger partial charge on any atom is -0.478 e. The van der Waals surface area contributed by atoms with Crippen LogP contribution in [0.15, 0.2) is 6.07 Å². The number of carbonyl (C=O) groups is 2. The summed E-state index contributed by atoms with van der Waals surface area (Å²) in [6.07, 6.45) is 0. The molecule has 4 N–H and O–H groups in total. The molecule has 0 aliphatic rings. The fraction of sp³-hybridized carbons (Fsp3) is 0.462. The molecule has 0 saturated heterocycles. The lowest BCUT2D eigenvalue weighted by Crippen LogP contribution is -2.40. The summed E-state index contributed by atoms with van der Waals surface area (Å²) in [4.78, 5) is 26.8. The van der Waals surface area contributed by atoms with Gasteiger partial charge in [-0.3, -0.25) is 4.79 Å². The number of carboxylic acids is 1. The van der Waals surface area contributed by atoms with Crippen molar-refractivity contribution in [3.8, 4) is 0 Å². The first-order chi connectivity index (χ1) is 8.73. The number of primary amides is 1. The number of aromatic carboxylic acids is 1. The Bertz CT molecular complexity index is 512. The molecule has 0 fully saturated rings. The largest absolute Gasteiger partial charge is 0.478 e. The van der Waals surface area contributed by atoms with E-state index in [0.717, 1.165) is 0 Å². The van der Waals surface area contributed by atoms with Gasteiger partial charge in [0.05, 0.1) is 0 Å². The van der Waals surface area contributed by atoms with Crippen LogP contribution in [0.25, 0.3) is 0 Å². The number of rotatable bonds is 5. The Morgan fingerprint density at radius 1 is 1.37 bits per heavy atom. The van der Waals surface area contributed by atoms with E-state index < -0.39 is 17.9 Å². The quantitative estimate of drug-likeness (QED) is 0.744. The molecule has 0 aliphatic heterocycles. The third-order valence-corrected chi connectivity index (χ3v) is 2.82. The molecular formula is C13H19N3O3. The summed E-state index contributed by atoms with van der Waals surface area (Å²) in [6.45, 7) is 7.10. The van der Waals surface area contributed by atoms with Gasteiger partial charge in [-0.1, -0.05) is 13.8 Å². The second-order valence-electron chi connectivity index (χ2n) is 4.88. The maximum absolute atomic E-state index is 11.4. The average Bonchev–Trinajstić information content (AvgIpc) is 2.23. The number of nitrogens with two attached hydrogens (primary N) is 1. The van der Waals surface area contributed by atoms with Crippen molar-refractivity contribution in [3.63, 3.8) is 0 Å². The monoisotopic (exact) mass is 265 g/mol. The molecule has 0 bridgehead atoms. The highest BCUT2D eigenvalue weighted by Crippen LogP contribution is 2.21. The van der Waals surface area contributed by atoms with Crippen molar-refractivity contribution in [1.82, 2.24) is 4.98 Å².